The van der Waals surface area contributed by atoms with Crippen LogP contribution in [0.15, 0.2) is 36.4 Å². The lowest BCUT2D eigenvalue weighted by Gasteiger charge is -1.96. The number of rotatable bonds is 0. The summed E-state index contributed by atoms with van der Waals surface area (Å²) in [6, 6.07) is 12.5. The molecule has 74 valence electrons. The number of benzene rings is 2. The third kappa shape index (κ3) is 1.35. The molecule has 3 rings (SSSR count). The number of aryl methyl sites for hydroxylation is 1. The molecule has 0 aliphatic rings. The van der Waals surface area contributed by atoms with Crippen LogP contribution in [0.4, 0.5) is 0 Å². The second kappa shape index (κ2) is 3.22. The minimum absolute atomic E-state index is 0.811. The summed E-state index contributed by atoms with van der Waals surface area (Å²) in [5, 5.41) is 3.44. The summed E-state index contributed by atoms with van der Waals surface area (Å²) in [7, 11) is 0. The summed E-state index contributed by atoms with van der Waals surface area (Å²) in [4.78, 5) is 0. The fourth-order valence-corrected chi connectivity index (χ4v) is 3.31. The molecule has 0 saturated carbocycles. The maximum atomic E-state index is 6.03. The summed E-state index contributed by atoms with van der Waals surface area (Å²) in [5.74, 6) is 0. The van der Waals surface area contributed by atoms with Crippen molar-refractivity contribution in [2.75, 3.05) is 0 Å². The van der Waals surface area contributed by atoms with E-state index in [0.717, 1.165) is 5.02 Å². The van der Waals surface area contributed by atoms with Crippen LogP contribution in [0.2, 0.25) is 5.02 Å². The first-order valence-electron chi connectivity index (χ1n) is 4.83. The molecule has 1 heterocycles. The topological polar surface area (TPSA) is 0 Å². The maximum Gasteiger partial charge on any atom is 0.0413 e. The van der Waals surface area contributed by atoms with Gasteiger partial charge in [0.15, 0.2) is 0 Å². The van der Waals surface area contributed by atoms with Gasteiger partial charge in [-0.2, -0.15) is 0 Å². The zero-order chi connectivity index (χ0) is 10.4. The predicted molar refractivity (Wildman–Crippen MR) is 69.1 cm³/mol. The Labute approximate surface area is 97.1 Å². The number of hydrogen-bond donors (Lipinski definition) is 0. The molecular formula is C13H9ClS. The van der Waals surface area contributed by atoms with Gasteiger partial charge < -0.3 is 0 Å². The van der Waals surface area contributed by atoms with Gasteiger partial charge in [0, 0.05) is 25.2 Å². The molecule has 0 spiro atoms. The standard InChI is InChI=1S/C13H9ClS/c1-8-3-2-4-12-13(8)10-7-9(14)5-6-11(10)15-12/h2-7H,1H3. The van der Waals surface area contributed by atoms with Crippen LogP contribution in [-0.2, 0) is 0 Å². The van der Waals surface area contributed by atoms with Crippen LogP contribution in [0.5, 0.6) is 0 Å². The van der Waals surface area contributed by atoms with Crippen molar-refractivity contribution in [3.05, 3.63) is 47.0 Å². The summed E-state index contributed by atoms with van der Waals surface area (Å²) >= 11 is 7.86. The van der Waals surface area contributed by atoms with E-state index in [4.69, 9.17) is 11.6 Å². The van der Waals surface area contributed by atoms with Gasteiger partial charge in [-0.1, -0.05) is 23.7 Å². The van der Waals surface area contributed by atoms with E-state index in [1.165, 1.54) is 25.7 Å². The molecule has 2 aromatic carbocycles. The van der Waals surface area contributed by atoms with Gasteiger partial charge in [-0.15, -0.1) is 11.3 Å². The Kier molecular flexibility index (Phi) is 1.98. The molecule has 1 aromatic heterocycles. The smallest absolute Gasteiger partial charge is 0.0413 e. The molecule has 2 heteroatoms. The highest BCUT2D eigenvalue weighted by molar-refractivity contribution is 7.25. The lowest BCUT2D eigenvalue weighted by Crippen LogP contribution is -1.72. The average molecular weight is 233 g/mol. The third-order valence-electron chi connectivity index (χ3n) is 2.67. The Bertz CT molecular complexity index is 652. The van der Waals surface area contributed by atoms with Gasteiger partial charge in [0.1, 0.15) is 0 Å². The van der Waals surface area contributed by atoms with Crippen molar-refractivity contribution in [2.45, 2.75) is 6.92 Å². The van der Waals surface area contributed by atoms with Gasteiger partial charge in [0.2, 0.25) is 0 Å². The van der Waals surface area contributed by atoms with E-state index >= 15 is 0 Å². The molecule has 0 saturated heterocycles. The van der Waals surface area contributed by atoms with Crippen molar-refractivity contribution >= 4 is 43.1 Å². The average Bonchev–Trinajstić information content (AvgIpc) is 2.57. The fraction of sp³-hybridized carbons (Fsp3) is 0.0769. The van der Waals surface area contributed by atoms with Crippen molar-refractivity contribution in [1.82, 2.24) is 0 Å². The highest BCUT2D eigenvalue weighted by Crippen LogP contribution is 2.36. The molecule has 0 atom stereocenters. The second-order valence-electron chi connectivity index (χ2n) is 3.69. The third-order valence-corrected chi connectivity index (χ3v) is 4.04. The van der Waals surface area contributed by atoms with Gasteiger partial charge in [-0.3, -0.25) is 0 Å². The summed E-state index contributed by atoms with van der Waals surface area (Å²) in [6.07, 6.45) is 0. The monoisotopic (exact) mass is 232 g/mol. The van der Waals surface area contributed by atoms with Gasteiger partial charge in [0.25, 0.3) is 0 Å². The molecule has 3 aromatic rings. The predicted octanol–water partition coefficient (Wildman–Crippen LogP) is 5.02. The second-order valence-corrected chi connectivity index (χ2v) is 5.21. The zero-order valence-electron chi connectivity index (χ0n) is 8.25. The molecule has 0 amide bonds. The molecule has 15 heavy (non-hydrogen) atoms. The van der Waals surface area contributed by atoms with Crippen molar-refractivity contribution in [2.24, 2.45) is 0 Å². The van der Waals surface area contributed by atoms with E-state index < -0.39 is 0 Å². The Morgan fingerprint density at radius 1 is 1.07 bits per heavy atom. The summed E-state index contributed by atoms with van der Waals surface area (Å²) in [5.41, 5.74) is 1.32. The normalized spacial score (nSPS) is 11.3. The number of thiophene rings is 1. The molecule has 0 N–H and O–H groups in total. The van der Waals surface area contributed by atoms with E-state index in [9.17, 15) is 0 Å². The number of hydrogen-bond acceptors (Lipinski definition) is 1. The van der Waals surface area contributed by atoms with Crippen molar-refractivity contribution in [3.8, 4) is 0 Å². The minimum atomic E-state index is 0.811. The number of fused-ring (bicyclic) bond motifs is 3. The van der Waals surface area contributed by atoms with E-state index in [2.05, 4.69) is 37.3 Å². The molecule has 0 aliphatic carbocycles. The van der Waals surface area contributed by atoms with Crippen LogP contribution < -0.4 is 0 Å². The number of halogens is 1. The highest BCUT2D eigenvalue weighted by Gasteiger charge is 2.06. The quantitative estimate of drug-likeness (QED) is 0.511. The highest BCUT2D eigenvalue weighted by atomic mass is 35.5. The van der Waals surface area contributed by atoms with Gasteiger partial charge in [-0.05, 0) is 36.8 Å². The van der Waals surface area contributed by atoms with Crippen LogP contribution in [0.3, 0.4) is 0 Å². The van der Waals surface area contributed by atoms with Crippen LogP contribution in [0.1, 0.15) is 5.56 Å². The van der Waals surface area contributed by atoms with Gasteiger partial charge in [-0.25, -0.2) is 0 Å². The van der Waals surface area contributed by atoms with Crippen LogP contribution in [0.25, 0.3) is 20.2 Å². The van der Waals surface area contributed by atoms with Crippen LogP contribution >= 0.6 is 22.9 Å². The Hall–Kier alpha value is -1.05. The fourth-order valence-electron chi connectivity index (χ4n) is 1.98. The first kappa shape index (κ1) is 9.20. The molecule has 0 aliphatic heterocycles. The summed E-state index contributed by atoms with van der Waals surface area (Å²) < 4.78 is 2.65. The van der Waals surface area contributed by atoms with Crippen molar-refractivity contribution in [3.63, 3.8) is 0 Å². The maximum absolute atomic E-state index is 6.03. The molecule has 0 nitrogen and oxygen atoms in total. The Morgan fingerprint density at radius 3 is 2.80 bits per heavy atom. The molecule has 0 radical (unpaired) electrons. The molecular weight excluding hydrogens is 224 g/mol. The first-order chi connectivity index (χ1) is 7.25. The van der Waals surface area contributed by atoms with Crippen LogP contribution in [0, 0.1) is 6.92 Å². The van der Waals surface area contributed by atoms with E-state index in [0.29, 0.717) is 0 Å². The molecule has 0 fully saturated rings. The summed E-state index contributed by atoms with van der Waals surface area (Å²) in [6.45, 7) is 2.15. The molecule has 0 bridgehead atoms. The van der Waals surface area contributed by atoms with Crippen LogP contribution in [-0.4, -0.2) is 0 Å². The Morgan fingerprint density at radius 2 is 1.93 bits per heavy atom. The molecule has 0 unspecified atom stereocenters. The van der Waals surface area contributed by atoms with Gasteiger partial charge in [0.05, 0.1) is 0 Å². The van der Waals surface area contributed by atoms with Crippen molar-refractivity contribution < 1.29 is 0 Å². The lowest BCUT2D eigenvalue weighted by molar-refractivity contribution is 1.55. The SMILES string of the molecule is Cc1cccc2sc3ccc(Cl)cc3c12. The van der Waals surface area contributed by atoms with E-state index in [1.54, 1.807) is 0 Å². The van der Waals surface area contributed by atoms with E-state index in [-0.39, 0.29) is 0 Å². The largest absolute Gasteiger partial charge is 0.135 e. The van der Waals surface area contributed by atoms with Crippen molar-refractivity contribution in [1.29, 1.82) is 0 Å². The zero-order valence-corrected chi connectivity index (χ0v) is 9.82. The first-order valence-corrected chi connectivity index (χ1v) is 6.02. The lowest BCUT2D eigenvalue weighted by atomic mass is 10.1. The van der Waals surface area contributed by atoms with E-state index in [1.807, 2.05) is 17.4 Å². The Balaban J connectivity index is 2.61. The van der Waals surface area contributed by atoms with Gasteiger partial charge >= 0.3 is 0 Å². The minimum Gasteiger partial charge on any atom is -0.135 e.